The van der Waals surface area contributed by atoms with Crippen LogP contribution in [0.15, 0.2) is 18.2 Å². The summed E-state index contributed by atoms with van der Waals surface area (Å²) in [5, 5.41) is 4.36. The molecule has 2 nitrogen and oxygen atoms in total. The minimum atomic E-state index is 0.874. The number of hydrogen-bond acceptors (Lipinski definition) is 2. The summed E-state index contributed by atoms with van der Waals surface area (Å²) in [6.07, 6.45) is 2.73. The molecule has 0 saturated carbocycles. The molecule has 0 aromatic heterocycles. The lowest BCUT2D eigenvalue weighted by atomic mass is 10.1. The standard InChI is InChI=1S/C14H21ClN2/c1-12-5-4-6-14(15)13(12)11-16-7-10-17-8-2-3-9-17/h4-6,16H,2-3,7-11H2,1H3. The van der Waals surface area contributed by atoms with Crippen LogP contribution in [-0.2, 0) is 6.54 Å². The molecule has 1 aromatic rings. The second kappa shape index (κ2) is 6.39. The lowest BCUT2D eigenvalue weighted by Crippen LogP contribution is -2.29. The number of benzene rings is 1. The maximum atomic E-state index is 6.19. The Bertz CT molecular complexity index is 339. The number of aryl methyl sites for hydroxylation is 1. The minimum Gasteiger partial charge on any atom is -0.311 e. The van der Waals surface area contributed by atoms with Crippen LogP contribution >= 0.6 is 11.6 Å². The highest BCUT2D eigenvalue weighted by atomic mass is 35.5. The SMILES string of the molecule is Cc1cccc(Cl)c1CNCCN1CCCC1. The molecule has 1 aliphatic rings. The van der Waals surface area contributed by atoms with E-state index in [0.29, 0.717) is 0 Å². The van der Waals surface area contributed by atoms with E-state index in [1.807, 2.05) is 12.1 Å². The van der Waals surface area contributed by atoms with Crippen molar-refractivity contribution in [2.45, 2.75) is 26.3 Å². The van der Waals surface area contributed by atoms with Crippen LogP contribution in [0.4, 0.5) is 0 Å². The Kier molecular flexibility index (Phi) is 4.84. The average Bonchev–Trinajstić information content (AvgIpc) is 2.80. The number of hydrogen-bond donors (Lipinski definition) is 1. The van der Waals surface area contributed by atoms with Gasteiger partial charge in [0.05, 0.1) is 0 Å². The molecule has 0 bridgehead atoms. The maximum absolute atomic E-state index is 6.19. The second-order valence-corrected chi connectivity index (χ2v) is 5.17. The molecular formula is C14H21ClN2. The molecule has 0 atom stereocenters. The van der Waals surface area contributed by atoms with Gasteiger partial charge >= 0.3 is 0 Å². The Hall–Kier alpha value is -0.570. The summed E-state index contributed by atoms with van der Waals surface area (Å²) in [6.45, 7) is 7.73. The molecule has 2 rings (SSSR count). The molecule has 3 heteroatoms. The van der Waals surface area contributed by atoms with Crippen LogP contribution in [0.25, 0.3) is 0 Å². The van der Waals surface area contributed by atoms with Crippen LogP contribution in [0.1, 0.15) is 24.0 Å². The lowest BCUT2D eigenvalue weighted by Gasteiger charge is -2.15. The zero-order valence-corrected chi connectivity index (χ0v) is 11.3. The molecule has 1 aromatic carbocycles. The van der Waals surface area contributed by atoms with Crippen molar-refractivity contribution < 1.29 is 0 Å². The van der Waals surface area contributed by atoms with E-state index in [1.165, 1.54) is 37.1 Å². The van der Waals surface area contributed by atoms with Crippen molar-refractivity contribution in [1.29, 1.82) is 0 Å². The first-order valence-electron chi connectivity index (χ1n) is 6.44. The molecule has 17 heavy (non-hydrogen) atoms. The molecule has 1 saturated heterocycles. The highest BCUT2D eigenvalue weighted by Gasteiger charge is 2.10. The molecule has 0 amide bonds. The van der Waals surface area contributed by atoms with Gasteiger partial charge in [0.25, 0.3) is 0 Å². The van der Waals surface area contributed by atoms with E-state index in [0.717, 1.165) is 24.7 Å². The van der Waals surface area contributed by atoms with Crippen LogP contribution in [0.3, 0.4) is 0 Å². The second-order valence-electron chi connectivity index (χ2n) is 4.76. The van der Waals surface area contributed by atoms with Gasteiger partial charge in [0.1, 0.15) is 0 Å². The van der Waals surface area contributed by atoms with Gasteiger partial charge in [-0.2, -0.15) is 0 Å². The molecule has 94 valence electrons. The molecule has 0 radical (unpaired) electrons. The average molecular weight is 253 g/mol. The Morgan fingerprint density at radius 3 is 2.76 bits per heavy atom. The minimum absolute atomic E-state index is 0.874. The zero-order valence-electron chi connectivity index (χ0n) is 10.5. The van der Waals surface area contributed by atoms with Gasteiger partial charge in [-0.1, -0.05) is 23.7 Å². The van der Waals surface area contributed by atoms with E-state index in [9.17, 15) is 0 Å². The zero-order chi connectivity index (χ0) is 12.1. The van der Waals surface area contributed by atoms with Gasteiger partial charge < -0.3 is 10.2 Å². The van der Waals surface area contributed by atoms with Crippen LogP contribution in [0, 0.1) is 6.92 Å². The van der Waals surface area contributed by atoms with Crippen molar-refractivity contribution in [2.24, 2.45) is 0 Å². The van der Waals surface area contributed by atoms with Crippen molar-refractivity contribution in [3.8, 4) is 0 Å². The quantitative estimate of drug-likeness (QED) is 0.811. The fourth-order valence-electron chi connectivity index (χ4n) is 2.35. The molecule has 1 heterocycles. The summed E-state index contributed by atoms with van der Waals surface area (Å²) >= 11 is 6.19. The van der Waals surface area contributed by atoms with Gasteiger partial charge in [0.2, 0.25) is 0 Å². The topological polar surface area (TPSA) is 15.3 Å². The van der Waals surface area contributed by atoms with Crippen LogP contribution in [-0.4, -0.2) is 31.1 Å². The largest absolute Gasteiger partial charge is 0.311 e. The van der Waals surface area contributed by atoms with E-state index in [-0.39, 0.29) is 0 Å². The van der Waals surface area contributed by atoms with Gasteiger partial charge in [0, 0.05) is 24.7 Å². The van der Waals surface area contributed by atoms with Gasteiger partial charge in [-0.3, -0.25) is 0 Å². The molecule has 1 aliphatic heterocycles. The van der Waals surface area contributed by atoms with E-state index in [4.69, 9.17) is 11.6 Å². The third kappa shape index (κ3) is 3.70. The molecule has 1 N–H and O–H groups in total. The summed E-state index contributed by atoms with van der Waals surface area (Å²) in [4.78, 5) is 2.52. The maximum Gasteiger partial charge on any atom is 0.0453 e. The number of nitrogens with one attached hydrogen (secondary N) is 1. The van der Waals surface area contributed by atoms with Crippen molar-refractivity contribution in [3.05, 3.63) is 34.3 Å². The van der Waals surface area contributed by atoms with Crippen molar-refractivity contribution >= 4 is 11.6 Å². The fraction of sp³-hybridized carbons (Fsp3) is 0.571. The van der Waals surface area contributed by atoms with Crippen molar-refractivity contribution in [3.63, 3.8) is 0 Å². The van der Waals surface area contributed by atoms with Gasteiger partial charge in [-0.05, 0) is 50.0 Å². The van der Waals surface area contributed by atoms with Gasteiger partial charge in [0.15, 0.2) is 0 Å². The first-order valence-corrected chi connectivity index (χ1v) is 6.82. The van der Waals surface area contributed by atoms with Gasteiger partial charge in [-0.25, -0.2) is 0 Å². The third-order valence-corrected chi connectivity index (χ3v) is 3.81. The van der Waals surface area contributed by atoms with Crippen LogP contribution < -0.4 is 5.32 Å². The normalized spacial score (nSPS) is 16.6. The van der Waals surface area contributed by atoms with Gasteiger partial charge in [-0.15, -0.1) is 0 Å². The van der Waals surface area contributed by atoms with E-state index in [2.05, 4.69) is 23.2 Å². The van der Waals surface area contributed by atoms with Crippen molar-refractivity contribution in [1.82, 2.24) is 10.2 Å². The third-order valence-electron chi connectivity index (χ3n) is 3.46. The summed E-state index contributed by atoms with van der Waals surface area (Å²) in [5.41, 5.74) is 2.50. The fourth-order valence-corrected chi connectivity index (χ4v) is 2.64. The smallest absolute Gasteiger partial charge is 0.0453 e. The lowest BCUT2D eigenvalue weighted by molar-refractivity contribution is 0.335. The number of likely N-dealkylation sites (tertiary alicyclic amines) is 1. The molecule has 0 aliphatic carbocycles. The Balaban J connectivity index is 1.74. The van der Waals surface area contributed by atoms with Crippen LogP contribution in [0.5, 0.6) is 0 Å². The van der Waals surface area contributed by atoms with E-state index >= 15 is 0 Å². The van der Waals surface area contributed by atoms with Crippen molar-refractivity contribution in [2.75, 3.05) is 26.2 Å². The molecule has 1 fully saturated rings. The molecule has 0 spiro atoms. The summed E-state index contributed by atoms with van der Waals surface area (Å²) in [5.74, 6) is 0. The molecular weight excluding hydrogens is 232 g/mol. The first kappa shape index (κ1) is 12.9. The summed E-state index contributed by atoms with van der Waals surface area (Å²) in [6, 6.07) is 6.08. The summed E-state index contributed by atoms with van der Waals surface area (Å²) in [7, 11) is 0. The van der Waals surface area contributed by atoms with Crippen LogP contribution in [0.2, 0.25) is 5.02 Å². The highest BCUT2D eigenvalue weighted by Crippen LogP contribution is 2.18. The summed E-state index contributed by atoms with van der Waals surface area (Å²) < 4.78 is 0. The Morgan fingerprint density at radius 1 is 1.29 bits per heavy atom. The predicted octanol–water partition coefficient (Wildman–Crippen LogP) is 2.83. The Labute approximate surface area is 109 Å². The predicted molar refractivity (Wildman–Crippen MR) is 73.6 cm³/mol. The number of nitrogens with zero attached hydrogens (tertiary/aromatic N) is 1. The monoisotopic (exact) mass is 252 g/mol. The van der Waals surface area contributed by atoms with E-state index in [1.54, 1.807) is 0 Å². The first-order chi connectivity index (χ1) is 8.27. The van der Waals surface area contributed by atoms with E-state index < -0.39 is 0 Å². The highest BCUT2D eigenvalue weighted by molar-refractivity contribution is 6.31. The number of rotatable bonds is 5. The molecule has 0 unspecified atom stereocenters. The number of halogens is 1. The Morgan fingerprint density at radius 2 is 2.06 bits per heavy atom.